The van der Waals surface area contributed by atoms with Crippen LogP contribution in [0.3, 0.4) is 0 Å². The number of halogens is 1. The van der Waals surface area contributed by atoms with Crippen molar-refractivity contribution in [1.29, 1.82) is 0 Å². The van der Waals surface area contributed by atoms with Crippen LogP contribution < -0.4 is 9.62 Å². The second-order valence-electron chi connectivity index (χ2n) is 9.79. The maximum Gasteiger partial charge on any atom is 0.243 e. The molecule has 0 saturated carbocycles. The van der Waals surface area contributed by atoms with E-state index in [0.29, 0.717) is 17.7 Å². The van der Waals surface area contributed by atoms with Crippen LogP contribution in [0.25, 0.3) is 0 Å². The Kier molecular flexibility index (Phi) is 10.6. The zero-order chi connectivity index (χ0) is 28.4. The molecule has 0 unspecified atom stereocenters. The van der Waals surface area contributed by atoms with E-state index < -0.39 is 21.9 Å². The van der Waals surface area contributed by atoms with Crippen molar-refractivity contribution in [2.75, 3.05) is 17.1 Å². The number of amides is 2. The molecule has 3 rings (SSSR count). The van der Waals surface area contributed by atoms with Gasteiger partial charge < -0.3 is 10.2 Å². The van der Waals surface area contributed by atoms with E-state index in [4.69, 9.17) is 0 Å². The van der Waals surface area contributed by atoms with Gasteiger partial charge in [0.1, 0.15) is 11.9 Å². The van der Waals surface area contributed by atoms with Crippen molar-refractivity contribution in [2.24, 2.45) is 0 Å². The minimum Gasteiger partial charge on any atom is -0.352 e. The molecule has 0 aliphatic heterocycles. The second kappa shape index (κ2) is 13.9. The van der Waals surface area contributed by atoms with Gasteiger partial charge >= 0.3 is 0 Å². The number of nitrogens with one attached hydrogen (secondary N) is 1. The Morgan fingerprint density at radius 3 is 2.03 bits per heavy atom. The molecule has 0 aliphatic rings. The number of carbonyl (C=O) groups excluding carboxylic acids is 2. The number of sulfonamides is 1. The van der Waals surface area contributed by atoms with E-state index in [1.54, 1.807) is 42.5 Å². The Bertz CT molecular complexity index is 1320. The summed E-state index contributed by atoms with van der Waals surface area (Å²) in [6, 6.07) is 23.0. The molecule has 9 heteroatoms. The summed E-state index contributed by atoms with van der Waals surface area (Å²) in [6.07, 6.45) is 1.71. The molecule has 3 aromatic rings. The molecule has 0 bridgehead atoms. The van der Waals surface area contributed by atoms with Crippen molar-refractivity contribution in [2.45, 2.75) is 51.7 Å². The van der Waals surface area contributed by atoms with Gasteiger partial charge in [0.25, 0.3) is 0 Å². The van der Waals surface area contributed by atoms with E-state index in [-0.39, 0.29) is 43.8 Å². The van der Waals surface area contributed by atoms with Crippen LogP contribution in [0.4, 0.5) is 10.1 Å². The molecular formula is C30H36FN3O4S. The largest absolute Gasteiger partial charge is 0.352 e. The summed E-state index contributed by atoms with van der Waals surface area (Å²) in [5.74, 6) is -0.969. The molecule has 39 heavy (non-hydrogen) atoms. The molecule has 1 atom stereocenters. The highest BCUT2D eigenvalue weighted by atomic mass is 32.2. The average molecular weight is 554 g/mol. The lowest BCUT2D eigenvalue weighted by Gasteiger charge is -2.32. The number of anilines is 1. The van der Waals surface area contributed by atoms with E-state index in [0.717, 1.165) is 11.8 Å². The summed E-state index contributed by atoms with van der Waals surface area (Å²) < 4.78 is 39.8. The smallest absolute Gasteiger partial charge is 0.243 e. The average Bonchev–Trinajstić information content (AvgIpc) is 2.89. The highest BCUT2D eigenvalue weighted by molar-refractivity contribution is 7.92. The van der Waals surface area contributed by atoms with E-state index in [1.807, 2.05) is 44.2 Å². The summed E-state index contributed by atoms with van der Waals surface area (Å²) in [4.78, 5) is 28.6. The standard InChI is InChI=1S/C30H36FN3O4S/c1-23(2)32-30(36)28(21-24-11-6-4-7-12-24)33(22-25-16-18-26(31)19-17-25)29(35)15-10-20-34(39(3,37)38)27-13-8-5-9-14-27/h4-9,11-14,16-19,23,28H,10,15,20-22H2,1-3H3,(H,32,36)/t28-/m1/s1. The maximum absolute atomic E-state index is 13.7. The van der Waals surface area contributed by atoms with Crippen LogP contribution >= 0.6 is 0 Å². The summed E-state index contributed by atoms with van der Waals surface area (Å²) >= 11 is 0. The Morgan fingerprint density at radius 2 is 1.46 bits per heavy atom. The first-order valence-corrected chi connectivity index (χ1v) is 14.8. The summed E-state index contributed by atoms with van der Waals surface area (Å²) in [5.41, 5.74) is 2.10. The maximum atomic E-state index is 13.7. The van der Waals surface area contributed by atoms with Gasteiger partial charge in [0.05, 0.1) is 11.9 Å². The number of hydrogen-bond acceptors (Lipinski definition) is 4. The van der Waals surface area contributed by atoms with Gasteiger partial charge in [0.15, 0.2) is 0 Å². The highest BCUT2D eigenvalue weighted by Gasteiger charge is 2.31. The predicted molar refractivity (Wildman–Crippen MR) is 152 cm³/mol. The molecule has 0 spiro atoms. The minimum atomic E-state index is -3.56. The summed E-state index contributed by atoms with van der Waals surface area (Å²) in [5, 5.41) is 2.93. The topological polar surface area (TPSA) is 86.8 Å². The van der Waals surface area contributed by atoms with Crippen molar-refractivity contribution in [3.8, 4) is 0 Å². The molecule has 0 radical (unpaired) electrons. The van der Waals surface area contributed by atoms with Gasteiger partial charge in [0.2, 0.25) is 21.8 Å². The van der Waals surface area contributed by atoms with Gasteiger partial charge in [-0.1, -0.05) is 60.7 Å². The highest BCUT2D eigenvalue weighted by Crippen LogP contribution is 2.20. The number of rotatable bonds is 13. The molecule has 3 aromatic carbocycles. The quantitative estimate of drug-likeness (QED) is 0.337. The predicted octanol–water partition coefficient (Wildman–Crippen LogP) is 4.54. The molecule has 2 amide bonds. The molecule has 0 saturated heterocycles. The van der Waals surface area contributed by atoms with Crippen LogP contribution in [0, 0.1) is 5.82 Å². The normalized spacial score (nSPS) is 12.1. The van der Waals surface area contributed by atoms with E-state index in [9.17, 15) is 22.4 Å². The number of carbonyl (C=O) groups is 2. The lowest BCUT2D eigenvalue weighted by atomic mass is 10.0. The van der Waals surface area contributed by atoms with Gasteiger partial charge in [-0.3, -0.25) is 13.9 Å². The van der Waals surface area contributed by atoms with Gasteiger partial charge in [-0.05, 0) is 55.7 Å². The Hall–Kier alpha value is -3.72. The van der Waals surface area contributed by atoms with E-state index >= 15 is 0 Å². The zero-order valence-electron chi connectivity index (χ0n) is 22.6. The second-order valence-corrected chi connectivity index (χ2v) is 11.7. The lowest BCUT2D eigenvalue weighted by Crippen LogP contribution is -2.51. The third kappa shape index (κ3) is 9.21. The fourth-order valence-corrected chi connectivity index (χ4v) is 5.28. The van der Waals surface area contributed by atoms with Crippen molar-refractivity contribution in [3.63, 3.8) is 0 Å². The van der Waals surface area contributed by atoms with Crippen LogP contribution in [0.1, 0.15) is 37.8 Å². The Balaban J connectivity index is 1.87. The fraction of sp³-hybridized carbons (Fsp3) is 0.333. The van der Waals surface area contributed by atoms with Crippen LogP contribution in [-0.4, -0.2) is 50.0 Å². The first-order valence-electron chi connectivity index (χ1n) is 13.0. The van der Waals surface area contributed by atoms with Gasteiger partial charge in [-0.2, -0.15) is 0 Å². The molecule has 1 N–H and O–H groups in total. The zero-order valence-corrected chi connectivity index (χ0v) is 23.4. The molecule has 7 nitrogen and oxygen atoms in total. The number of hydrogen-bond donors (Lipinski definition) is 1. The number of benzene rings is 3. The monoisotopic (exact) mass is 553 g/mol. The van der Waals surface area contributed by atoms with Gasteiger partial charge in [0, 0.05) is 32.0 Å². The fourth-order valence-electron chi connectivity index (χ4n) is 4.32. The third-order valence-corrected chi connectivity index (χ3v) is 7.36. The van der Waals surface area contributed by atoms with Gasteiger partial charge in [-0.15, -0.1) is 0 Å². The number of nitrogens with zero attached hydrogens (tertiary/aromatic N) is 2. The van der Waals surface area contributed by atoms with Crippen molar-refractivity contribution < 1.29 is 22.4 Å². The van der Waals surface area contributed by atoms with Gasteiger partial charge in [-0.25, -0.2) is 12.8 Å². The van der Waals surface area contributed by atoms with Crippen LogP contribution in [0.5, 0.6) is 0 Å². The first kappa shape index (κ1) is 29.8. The third-order valence-electron chi connectivity index (χ3n) is 6.16. The molecule has 0 heterocycles. The molecule has 0 fully saturated rings. The summed E-state index contributed by atoms with van der Waals surface area (Å²) in [7, 11) is -3.56. The van der Waals surface area contributed by atoms with Crippen LogP contribution in [0.2, 0.25) is 0 Å². The summed E-state index contributed by atoms with van der Waals surface area (Å²) in [6.45, 7) is 3.93. The molecular weight excluding hydrogens is 517 g/mol. The molecule has 208 valence electrons. The van der Waals surface area contributed by atoms with E-state index in [1.165, 1.54) is 21.3 Å². The van der Waals surface area contributed by atoms with Crippen LogP contribution in [0.15, 0.2) is 84.9 Å². The molecule has 0 aliphatic carbocycles. The molecule has 0 aromatic heterocycles. The SMILES string of the molecule is CC(C)NC(=O)[C@@H](Cc1ccccc1)N(Cc1ccc(F)cc1)C(=O)CCCN(c1ccccc1)S(C)(=O)=O. The lowest BCUT2D eigenvalue weighted by molar-refractivity contribution is -0.141. The minimum absolute atomic E-state index is 0.0281. The van der Waals surface area contributed by atoms with Crippen molar-refractivity contribution in [3.05, 3.63) is 102 Å². The van der Waals surface area contributed by atoms with Crippen molar-refractivity contribution >= 4 is 27.5 Å². The van der Waals surface area contributed by atoms with Crippen LogP contribution in [-0.2, 0) is 32.6 Å². The van der Waals surface area contributed by atoms with Crippen molar-refractivity contribution in [1.82, 2.24) is 10.2 Å². The number of para-hydroxylation sites is 1. The Morgan fingerprint density at radius 1 is 0.872 bits per heavy atom. The first-order chi connectivity index (χ1) is 18.5. The van der Waals surface area contributed by atoms with E-state index in [2.05, 4.69) is 5.32 Å². The Labute approximate surface area is 230 Å².